The normalized spacial score (nSPS) is 13.2. The lowest BCUT2D eigenvalue weighted by molar-refractivity contribution is 0.307. The average molecular weight is 275 g/mol. The van der Waals surface area contributed by atoms with Gasteiger partial charge in [-0.3, -0.25) is 4.99 Å². The molecule has 0 saturated carbocycles. The Balaban J connectivity index is 2.13. The minimum absolute atomic E-state index is 0.189. The first-order valence-corrected chi connectivity index (χ1v) is 7.66. The number of nitrogens with zero attached hydrogens (tertiary/aromatic N) is 1. The van der Waals surface area contributed by atoms with Crippen molar-refractivity contribution in [3.8, 4) is 0 Å². The topological polar surface area (TPSA) is 32.6 Å². The molecule has 1 aliphatic heterocycles. The lowest BCUT2D eigenvalue weighted by atomic mass is 10.0. The van der Waals surface area contributed by atoms with Crippen LogP contribution in [0.15, 0.2) is 33.7 Å². The quantitative estimate of drug-likeness (QED) is 0.649. The molecule has 2 rings (SSSR count). The van der Waals surface area contributed by atoms with Crippen molar-refractivity contribution in [2.24, 2.45) is 4.99 Å². The average Bonchev–Trinajstić information content (AvgIpc) is 2.76. The molecule has 0 saturated heterocycles. The van der Waals surface area contributed by atoms with Crippen molar-refractivity contribution in [2.75, 3.05) is 12.4 Å². The summed E-state index contributed by atoms with van der Waals surface area (Å²) in [6.45, 7) is 6.63. The first-order valence-electron chi connectivity index (χ1n) is 6.67. The van der Waals surface area contributed by atoms with Crippen LogP contribution in [0.2, 0.25) is 0 Å². The number of hydrogen-bond acceptors (Lipinski definition) is 3. The molecular formula is C16H21NOS. The Kier molecular flexibility index (Phi) is 4.83. The molecule has 0 radical (unpaired) electrons. The van der Waals surface area contributed by atoms with Crippen molar-refractivity contribution in [2.45, 2.75) is 38.5 Å². The maximum Gasteiger partial charge on any atom is 0.0668 e. The van der Waals surface area contributed by atoms with Gasteiger partial charge in [0, 0.05) is 35.8 Å². The maximum absolute atomic E-state index is 9.01. The van der Waals surface area contributed by atoms with E-state index in [2.05, 4.69) is 44.0 Å². The number of aliphatic imine (C=N–C) groups is 1. The maximum atomic E-state index is 9.01. The molecule has 1 N–H and O–H groups in total. The van der Waals surface area contributed by atoms with Crippen LogP contribution in [0.5, 0.6) is 0 Å². The second-order valence-corrected chi connectivity index (χ2v) is 6.17. The molecule has 1 aromatic carbocycles. The van der Waals surface area contributed by atoms with E-state index in [1.165, 1.54) is 21.6 Å². The monoisotopic (exact) mass is 275 g/mol. The standard InChI is InChI=1S/C16H21NOS/c1-11(2)7-9-19-16-5-4-15-14(12(16)3)10-13(17-15)6-8-18/h4-5,7,18H,6,8-10H2,1-3H3. The van der Waals surface area contributed by atoms with Crippen molar-refractivity contribution in [3.63, 3.8) is 0 Å². The van der Waals surface area contributed by atoms with E-state index in [1.807, 2.05) is 11.8 Å². The van der Waals surface area contributed by atoms with Gasteiger partial charge in [0.15, 0.2) is 0 Å². The predicted molar refractivity (Wildman–Crippen MR) is 83.8 cm³/mol. The molecule has 1 aromatic rings. The zero-order valence-corrected chi connectivity index (χ0v) is 12.7. The van der Waals surface area contributed by atoms with Gasteiger partial charge in [-0.25, -0.2) is 0 Å². The van der Waals surface area contributed by atoms with E-state index in [-0.39, 0.29) is 6.61 Å². The summed E-state index contributed by atoms with van der Waals surface area (Å²) in [5.74, 6) is 1.02. The molecule has 1 heterocycles. The number of allylic oxidation sites excluding steroid dienone is 1. The van der Waals surface area contributed by atoms with E-state index in [1.54, 1.807) is 0 Å². The summed E-state index contributed by atoms with van der Waals surface area (Å²) in [6, 6.07) is 4.28. The van der Waals surface area contributed by atoms with Crippen molar-refractivity contribution in [1.82, 2.24) is 0 Å². The Hall–Kier alpha value is -1.06. The molecule has 2 nitrogen and oxygen atoms in total. The third kappa shape index (κ3) is 3.48. The van der Waals surface area contributed by atoms with E-state index in [0.29, 0.717) is 6.42 Å². The molecule has 0 atom stereocenters. The first-order chi connectivity index (χ1) is 9.11. The fourth-order valence-corrected chi connectivity index (χ4v) is 3.29. The van der Waals surface area contributed by atoms with Gasteiger partial charge in [0.05, 0.1) is 5.69 Å². The molecule has 3 heteroatoms. The second-order valence-electron chi connectivity index (χ2n) is 5.11. The van der Waals surface area contributed by atoms with E-state index in [0.717, 1.165) is 23.6 Å². The van der Waals surface area contributed by atoms with Gasteiger partial charge in [-0.1, -0.05) is 11.6 Å². The Morgan fingerprint density at radius 1 is 1.42 bits per heavy atom. The molecule has 0 spiro atoms. The number of fused-ring (bicyclic) bond motifs is 1. The molecule has 1 aliphatic rings. The van der Waals surface area contributed by atoms with Crippen molar-refractivity contribution < 1.29 is 5.11 Å². The predicted octanol–water partition coefficient (Wildman–Crippen LogP) is 4.06. The highest BCUT2D eigenvalue weighted by atomic mass is 32.2. The van der Waals surface area contributed by atoms with Crippen LogP contribution >= 0.6 is 11.8 Å². The van der Waals surface area contributed by atoms with E-state index in [4.69, 9.17) is 5.11 Å². The summed E-state index contributed by atoms with van der Waals surface area (Å²) >= 11 is 1.88. The summed E-state index contributed by atoms with van der Waals surface area (Å²) in [5, 5.41) is 9.01. The molecule has 0 aromatic heterocycles. The Bertz CT molecular complexity index is 528. The van der Waals surface area contributed by atoms with Gasteiger partial charge in [0.1, 0.15) is 0 Å². The van der Waals surface area contributed by atoms with Gasteiger partial charge in [-0.15, -0.1) is 11.8 Å². The highest BCUT2D eigenvalue weighted by Crippen LogP contribution is 2.35. The highest BCUT2D eigenvalue weighted by molar-refractivity contribution is 7.99. The fourth-order valence-electron chi connectivity index (χ4n) is 2.19. The number of hydrogen-bond donors (Lipinski definition) is 1. The number of aliphatic hydroxyl groups excluding tert-OH is 1. The van der Waals surface area contributed by atoms with Crippen LogP contribution in [-0.4, -0.2) is 23.2 Å². The van der Waals surface area contributed by atoms with Crippen LogP contribution < -0.4 is 0 Å². The number of thioether (sulfide) groups is 1. The largest absolute Gasteiger partial charge is 0.396 e. The summed E-state index contributed by atoms with van der Waals surface area (Å²) in [6.07, 6.45) is 3.85. The zero-order chi connectivity index (χ0) is 13.8. The van der Waals surface area contributed by atoms with Crippen LogP contribution in [0.1, 0.15) is 31.4 Å². The van der Waals surface area contributed by atoms with E-state index in [9.17, 15) is 0 Å². The molecule has 0 unspecified atom stereocenters. The van der Waals surface area contributed by atoms with Crippen molar-refractivity contribution in [3.05, 3.63) is 34.9 Å². The van der Waals surface area contributed by atoms with E-state index >= 15 is 0 Å². The zero-order valence-electron chi connectivity index (χ0n) is 11.9. The number of rotatable bonds is 5. The lowest BCUT2D eigenvalue weighted by Crippen LogP contribution is -2.01. The van der Waals surface area contributed by atoms with Gasteiger partial charge in [-0.05, 0) is 44.0 Å². The van der Waals surface area contributed by atoms with Gasteiger partial charge in [0.25, 0.3) is 0 Å². The number of benzene rings is 1. The van der Waals surface area contributed by atoms with E-state index < -0.39 is 0 Å². The van der Waals surface area contributed by atoms with Crippen LogP contribution in [0.25, 0.3) is 0 Å². The summed E-state index contributed by atoms with van der Waals surface area (Å²) in [5.41, 5.74) is 6.24. The summed E-state index contributed by atoms with van der Waals surface area (Å²) in [7, 11) is 0. The molecule has 102 valence electrons. The Labute approximate surface area is 119 Å². The Morgan fingerprint density at radius 3 is 2.89 bits per heavy atom. The third-order valence-electron chi connectivity index (χ3n) is 3.31. The van der Waals surface area contributed by atoms with Crippen LogP contribution in [0.4, 0.5) is 5.69 Å². The first kappa shape index (κ1) is 14.4. The molecule has 19 heavy (non-hydrogen) atoms. The second kappa shape index (κ2) is 6.40. The van der Waals surface area contributed by atoms with Crippen LogP contribution in [0, 0.1) is 6.92 Å². The summed E-state index contributed by atoms with van der Waals surface area (Å²) in [4.78, 5) is 5.93. The van der Waals surface area contributed by atoms with Gasteiger partial charge in [-0.2, -0.15) is 0 Å². The molecule has 0 aliphatic carbocycles. The SMILES string of the molecule is CC(C)=CCSc1ccc2c(c1C)CC(CCO)=N2. The Morgan fingerprint density at radius 2 is 2.21 bits per heavy atom. The van der Waals surface area contributed by atoms with Crippen molar-refractivity contribution >= 4 is 23.2 Å². The minimum atomic E-state index is 0.189. The lowest BCUT2D eigenvalue weighted by Gasteiger charge is -2.09. The van der Waals surface area contributed by atoms with Crippen LogP contribution in [-0.2, 0) is 6.42 Å². The minimum Gasteiger partial charge on any atom is -0.396 e. The van der Waals surface area contributed by atoms with Crippen LogP contribution in [0.3, 0.4) is 0 Å². The van der Waals surface area contributed by atoms with Crippen molar-refractivity contribution in [1.29, 1.82) is 0 Å². The summed E-state index contributed by atoms with van der Waals surface area (Å²) < 4.78 is 0. The molecule has 0 fully saturated rings. The molecule has 0 bridgehead atoms. The van der Waals surface area contributed by atoms with Gasteiger partial charge in [0.2, 0.25) is 0 Å². The van der Waals surface area contributed by atoms with Gasteiger partial charge < -0.3 is 5.11 Å². The molecular weight excluding hydrogens is 254 g/mol. The number of aliphatic hydroxyl groups is 1. The smallest absolute Gasteiger partial charge is 0.0668 e. The molecule has 0 amide bonds. The third-order valence-corrected chi connectivity index (χ3v) is 4.40. The highest BCUT2D eigenvalue weighted by Gasteiger charge is 2.17. The fraction of sp³-hybridized carbons (Fsp3) is 0.438. The van der Waals surface area contributed by atoms with Gasteiger partial charge >= 0.3 is 0 Å².